The van der Waals surface area contributed by atoms with Gasteiger partial charge in [0.15, 0.2) is 0 Å². The SMILES string of the molecule is COCCOc1ccn2c(C(=O)Nc3cccc4[nH]nc(C(OC)c5ccc(C)nc5)c34)cnc2c1. The number of ether oxygens (including phenoxy) is 3. The zero-order valence-corrected chi connectivity index (χ0v) is 20.2. The number of carbonyl (C=O) groups excluding carboxylic acids is 1. The van der Waals surface area contributed by atoms with Gasteiger partial charge in [-0.25, -0.2) is 4.98 Å². The van der Waals surface area contributed by atoms with Crippen molar-refractivity contribution < 1.29 is 19.0 Å². The number of carbonyl (C=O) groups is 1. The minimum atomic E-state index is -0.461. The van der Waals surface area contributed by atoms with Crippen molar-refractivity contribution in [3.8, 4) is 5.75 Å². The zero-order valence-electron chi connectivity index (χ0n) is 20.2. The molecule has 1 unspecified atom stereocenters. The number of benzene rings is 1. The van der Waals surface area contributed by atoms with Gasteiger partial charge in [-0.05, 0) is 31.2 Å². The number of H-pyrrole nitrogens is 1. The summed E-state index contributed by atoms with van der Waals surface area (Å²) in [5.41, 5.74) is 4.81. The van der Waals surface area contributed by atoms with Crippen molar-refractivity contribution in [1.29, 1.82) is 0 Å². The first-order valence-corrected chi connectivity index (χ1v) is 11.4. The van der Waals surface area contributed by atoms with Crippen molar-refractivity contribution in [3.05, 3.63) is 83.7 Å². The molecule has 4 aromatic heterocycles. The van der Waals surface area contributed by atoms with Crippen molar-refractivity contribution in [1.82, 2.24) is 24.6 Å². The smallest absolute Gasteiger partial charge is 0.274 e. The van der Waals surface area contributed by atoms with E-state index in [1.165, 1.54) is 6.20 Å². The fourth-order valence-electron chi connectivity index (χ4n) is 4.08. The van der Waals surface area contributed by atoms with Crippen LogP contribution < -0.4 is 10.1 Å². The van der Waals surface area contributed by atoms with E-state index in [2.05, 4.69) is 25.5 Å². The number of aryl methyl sites for hydroxylation is 1. The molecule has 2 N–H and O–H groups in total. The Labute approximate surface area is 207 Å². The highest BCUT2D eigenvalue weighted by Crippen LogP contribution is 2.34. The number of fused-ring (bicyclic) bond motifs is 2. The number of nitrogens with zero attached hydrogens (tertiary/aromatic N) is 4. The largest absolute Gasteiger partial charge is 0.491 e. The third-order valence-electron chi connectivity index (χ3n) is 5.86. The second-order valence-corrected chi connectivity index (χ2v) is 8.22. The summed E-state index contributed by atoms with van der Waals surface area (Å²) < 4.78 is 18.2. The van der Waals surface area contributed by atoms with Gasteiger partial charge in [0, 0.05) is 49.3 Å². The predicted octanol–water partition coefficient (Wildman–Crippen LogP) is 3.93. The highest BCUT2D eigenvalue weighted by atomic mass is 16.5. The Hall–Kier alpha value is -4.28. The maximum Gasteiger partial charge on any atom is 0.274 e. The number of rotatable bonds is 9. The van der Waals surface area contributed by atoms with Gasteiger partial charge in [-0.3, -0.25) is 19.3 Å². The monoisotopic (exact) mass is 486 g/mol. The molecule has 36 heavy (non-hydrogen) atoms. The van der Waals surface area contributed by atoms with Crippen LogP contribution in [0.4, 0.5) is 5.69 Å². The third-order valence-corrected chi connectivity index (χ3v) is 5.86. The minimum Gasteiger partial charge on any atom is -0.491 e. The van der Waals surface area contributed by atoms with E-state index < -0.39 is 6.10 Å². The maximum absolute atomic E-state index is 13.3. The summed E-state index contributed by atoms with van der Waals surface area (Å²) >= 11 is 0. The fourth-order valence-corrected chi connectivity index (χ4v) is 4.08. The molecule has 10 heteroatoms. The van der Waals surface area contributed by atoms with Crippen LogP contribution in [0.1, 0.15) is 33.5 Å². The van der Waals surface area contributed by atoms with Gasteiger partial charge in [0.2, 0.25) is 0 Å². The van der Waals surface area contributed by atoms with Crippen LogP contribution in [0.3, 0.4) is 0 Å². The van der Waals surface area contributed by atoms with Gasteiger partial charge >= 0.3 is 0 Å². The molecule has 0 bridgehead atoms. The molecule has 5 rings (SSSR count). The number of methoxy groups -OCH3 is 2. The van der Waals surface area contributed by atoms with Gasteiger partial charge < -0.3 is 19.5 Å². The van der Waals surface area contributed by atoms with E-state index in [4.69, 9.17) is 14.2 Å². The van der Waals surface area contributed by atoms with E-state index >= 15 is 0 Å². The van der Waals surface area contributed by atoms with Crippen LogP contribution in [0.15, 0.2) is 61.1 Å². The van der Waals surface area contributed by atoms with Crippen LogP contribution in [0.2, 0.25) is 0 Å². The summed E-state index contributed by atoms with van der Waals surface area (Å²) in [6, 6.07) is 13.1. The summed E-state index contributed by atoms with van der Waals surface area (Å²) in [7, 11) is 3.24. The number of anilines is 1. The van der Waals surface area contributed by atoms with Crippen LogP contribution >= 0.6 is 0 Å². The van der Waals surface area contributed by atoms with E-state index in [0.29, 0.717) is 41.7 Å². The molecule has 1 atom stereocenters. The van der Waals surface area contributed by atoms with E-state index in [1.54, 1.807) is 43.1 Å². The Bertz CT molecular complexity index is 1510. The van der Waals surface area contributed by atoms with Crippen LogP contribution in [0.5, 0.6) is 5.75 Å². The first-order chi connectivity index (χ1) is 17.6. The van der Waals surface area contributed by atoms with E-state index in [0.717, 1.165) is 22.2 Å². The predicted molar refractivity (Wildman–Crippen MR) is 134 cm³/mol. The molecule has 0 aliphatic carbocycles. The van der Waals surface area contributed by atoms with Crippen molar-refractivity contribution in [2.45, 2.75) is 13.0 Å². The zero-order chi connectivity index (χ0) is 25.1. The lowest BCUT2D eigenvalue weighted by Crippen LogP contribution is -2.15. The maximum atomic E-state index is 13.3. The van der Waals surface area contributed by atoms with Gasteiger partial charge in [-0.15, -0.1) is 0 Å². The Morgan fingerprint density at radius 1 is 1.11 bits per heavy atom. The van der Waals surface area contributed by atoms with Gasteiger partial charge in [-0.1, -0.05) is 12.1 Å². The Balaban J connectivity index is 1.45. The number of aromatic nitrogens is 5. The minimum absolute atomic E-state index is 0.304. The standard InChI is InChI=1S/C26H26N6O4/c1-16-7-8-17(14-27-16)25(35-3)24-23-19(5-4-6-20(23)30-31-24)29-26(33)21-15-28-22-13-18(9-10-32(21)22)36-12-11-34-2/h4-10,13-15,25H,11-12H2,1-3H3,(H,29,33)(H,30,31). The highest BCUT2D eigenvalue weighted by Gasteiger charge is 2.23. The molecule has 0 radical (unpaired) electrons. The summed E-state index contributed by atoms with van der Waals surface area (Å²) in [6.45, 7) is 2.84. The first kappa shape index (κ1) is 23.5. The number of hydrogen-bond acceptors (Lipinski definition) is 7. The fraction of sp³-hybridized carbons (Fsp3) is 0.231. The average molecular weight is 487 g/mol. The highest BCUT2D eigenvalue weighted by molar-refractivity contribution is 6.08. The number of amides is 1. The lowest BCUT2D eigenvalue weighted by atomic mass is 10.0. The summed E-state index contributed by atoms with van der Waals surface area (Å²) in [5.74, 6) is 0.349. The van der Waals surface area contributed by atoms with Gasteiger partial charge in [0.1, 0.15) is 35.5 Å². The summed E-state index contributed by atoms with van der Waals surface area (Å²) in [6.07, 6.45) is 4.61. The van der Waals surface area contributed by atoms with Crippen molar-refractivity contribution in [2.75, 3.05) is 32.8 Å². The van der Waals surface area contributed by atoms with Crippen LogP contribution in [-0.2, 0) is 9.47 Å². The number of aromatic amines is 1. The molecule has 0 spiro atoms. The van der Waals surface area contributed by atoms with Crippen LogP contribution in [0, 0.1) is 6.92 Å². The molecule has 0 saturated carbocycles. The molecule has 4 heterocycles. The molecule has 0 saturated heterocycles. The van der Waals surface area contributed by atoms with E-state index in [1.807, 2.05) is 37.3 Å². The second kappa shape index (κ2) is 10.1. The lowest BCUT2D eigenvalue weighted by molar-refractivity contribution is 0.102. The Kier molecular flexibility index (Phi) is 6.61. The normalized spacial score (nSPS) is 12.2. The Morgan fingerprint density at radius 3 is 2.78 bits per heavy atom. The first-order valence-electron chi connectivity index (χ1n) is 11.4. The van der Waals surface area contributed by atoms with Crippen LogP contribution in [0.25, 0.3) is 16.6 Å². The topological polar surface area (TPSA) is 116 Å². The number of nitrogens with one attached hydrogen (secondary N) is 2. The molecule has 0 fully saturated rings. The molecule has 1 aromatic carbocycles. The van der Waals surface area contributed by atoms with Crippen LogP contribution in [-0.4, -0.2) is 57.9 Å². The molecule has 184 valence electrons. The molecule has 0 aliphatic heterocycles. The Morgan fingerprint density at radius 2 is 2.00 bits per heavy atom. The third kappa shape index (κ3) is 4.51. The molecule has 5 aromatic rings. The second-order valence-electron chi connectivity index (χ2n) is 8.22. The van der Waals surface area contributed by atoms with Gasteiger partial charge in [0.25, 0.3) is 5.91 Å². The molecular formula is C26H26N6O4. The van der Waals surface area contributed by atoms with Crippen molar-refractivity contribution >= 4 is 28.1 Å². The molecular weight excluding hydrogens is 460 g/mol. The number of hydrogen-bond donors (Lipinski definition) is 2. The van der Waals surface area contributed by atoms with E-state index in [-0.39, 0.29) is 5.91 Å². The molecule has 0 aliphatic rings. The number of imidazole rings is 1. The molecule has 10 nitrogen and oxygen atoms in total. The van der Waals surface area contributed by atoms with E-state index in [9.17, 15) is 4.79 Å². The summed E-state index contributed by atoms with van der Waals surface area (Å²) in [5, 5.41) is 11.4. The van der Waals surface area contributed by atoms with Crippen molar-refractivity contribution in [3.63, 3.8) is 0 Å². The summed E-state index contributed by atoms with van der Waals surface area (Å²) in [4.78, 5) is 22.1. The lowest BCUT2D eigenvalue weighted by Gasteiger charge is -2.15. The quantitative estimate of drug-likeness (QED) is 0.303. The molecule has 1 amide bonds. The van der Waals surface area contributed by atoms with Gasteiger partial charge in [-0.2, -0.15) is 5.10 Å². The van der Waals surface area contributed by atoms with Gasteiger partial charge in [0.05, 0.1) is 24.0 Å². The van der Waals surface area contributed by atoms with Crippen molar-refractivity contribution in [2.24, 2.45) is 0 Å². The number of pyridine rings is 2. The average Bonchev–Trinajstić information content (AvgIpc) is 3.51.